The SMILES string of the molecule is Cc1cc([N+](=O)[O-])c(Cl)cc1NC(=O)C1CNC(=O)CN1. The summed E-state index contributed by atoms with van der Waals surface area (Å²) in [5.74, 6) is -0.517. The van der Waals surface area contributed by atoms with Gasteiger partial charge in [0.2, 0.25) is 11.8 Å². The number of aryl methyl sites for hydroxylation is 1. The predicted molar refractivity (Wildman–Crippen MR) is 76.3 cm³/mol. The highest BCUT2D eigenvalue weighted by molar-refractivity contribution is 6.33. The number of amides is 2. The lowest BCUT2D eigenvalue weighted by Gasteiger charge is -2.23. The standard InChI is InChI=1S/C12H13ClN4O4/c1-6-2-10(17(20)21)7(13)3-8(6)16-12(19)9-4-15-11(18)5-14-9/h2-3,9,14H,4-5H2,1H3,(H,15,18)(H,16,19). The quantitative estimate of drug-likeness (QED) is 0.558. The van der Waals surface area contributed by atoms with E-state index in [0.717, 1.165) is 0 Å². The van der Waals surface area contributed by atoms with Gasteiger partial charge in [-0.15, -0.1) is 0 Å². The van der Waals surface area contributed by atoms with Crippen LogP contribution in [-0.4, -0.2) is 35.9 Å². The van der Waals surface area contributed by atoms with Gasteiger partial charge in [-0.2, -0.15) is 0 Å². The Hall–Kier alpha value is -2.19. The number of hydrogen-bond donors (Lipinski definition) is 3. The highest BCUT2D eigenvalue weighted by atomic mass is 35.5. The predicted octanol–water partition coefficient (Wildman–Crippen LogP) is 0.583. The molecule has 0 aliphatic carbocycles. The minimum Gasteiger partial charge on any atom is -0.353 e. The Morgan fingerprint density at radius 1 is 1.52 bits per heavy atom. The maximum atomic E-state index is 12.1. The summed E-state index contributed by atoms with van der Waals surface area (Å²) in [4.78, 5) is 33.2. The lowest BCUT2D eigenvalue weighted by Crippen LogP contribution is -2.56. The van der Waals surface area contributed by atoms with Crippen LogP contribution in [0.2, 0.25) is 5.02 Å². The summed E-state index contributed by atoms with van der Waals surface area (Å²) in [5, 5.41) is 18.7. The molecule has 1 aliphatic heterocycles. The van der Waals surface area contributed by atoms with E-state index < -0.39 is 11.0 Å². The van der Waals surface area contributed by atoms with Crippen molar-refractivity contribution in [3.05, 3.63) is 32.8 Å². The van der Waals surface area contributed by atoms with Gasteiger partial charge < -0.3 is 10.6 Å². The minimum absolute atomic E-state index is 0.0502. The fourth-order valence-corrected chi connectivity index (χ4v) is 2.15. The second-order valence-electron chi connectivity index (χ2n) is 4.60. The maximum absolute atomic E-state index is 12.1. The summed E-state index contributed by atoms with van der Waals surface area (Å²) in [6.07, 6.45) is 0. The van der Waals surface area contributed by atoms with Crippen LogP contribution in [0.25, 0.3) is 0 Å². The summed E-state index contributed by atoms with van der Waals surface area (Å²) in [6, 6.07) is 2.08. The van der Waals surface area contributed by atoms with Crippen LogP contribution in [-0.2, 0) is 9.59 Å². The number of carbonyl (C=O) groups is 2. The Kier molecular flexibility index (Phi) is 4.39. The van der Waals surface area contributed by atoms with Crippen LogP contribution < -0.4 is 16.0 Å². The van der Waals surface area contributed by atoms with E-state index in [-0.39, 0.29) is 35.6 Å². The molecule has 1 saturated heterocycles. The molecule has 1 unspecified atom stereocenters. The molecule has 0 bridgehead atoms. The van der Waals surface area contributed by atoms with Crippen LogP contribution in [0.4, 0.5) is 11.4 Å². The van der Waals surface area contributed by atoms with Crippen molar-refractivity contribution in [1.29, 1.82) is 0 Å². The zero-order valence-electron chi connectivity index (χ0n) is 11.1. The monoisotopic (exact) mass is 312 g/mol. The number of carbonyl (C=O) groups excluding carboxylic acids is 2. The van der Waals surface area contributed by atoms with Crippen molar-refractivity contribution in [1.82, 2.24) is 10.6 Å². The number of benzene rings is 1. The van der Waals surface area contributed by atoms with Gasteiger partial charge in [0.1, 0.15) is 11.1 Å². The normalized spacial score (nSPS) is 18.0. The van der Waals surface area contributed by atoms with Crippen molar-refractivity contribution in [3.8, 4) is 0 Å². The summed E-state index contributed by atoms with van der Waals surface area (Å²) < 4.78 is 0. The van der Waals surface area contributed by atoms with Crippen molar-refractivity contribution < 1.29 is 14.5 Å². The van der Waals surface area contributed by atoms with Gasteiger partial charge in [0, 0.05) is 18.3 Å². The lowest BCUT2D eigenvalue weighted by molar-refractivity contribution is -0.384. The largest absolute Gasteiger partial charge is 0.353 e. The van der Waals surface area contributed by atoms with Gasteiger partial charge in [-0.3, -0.25) is 25.0 Å². The number of anilines is 1. The number of nitrogens with one attached hydrogen (secondary N) is 3. The fourth-order valence-electron chi connectivity index (χ4n) is 1.91. The van der Waals surface area contributed by atoms with Crippen molar-refractivity contribution in [2.75, 3.05) is 18.4 Å². The van der Waals surface area contributed by atoms with Gasteiger partial charge in [0.05, 0.1) is 11.5 Å². The molecule has 1 aromatic carbocycles. The molecular weight excluding hydrogens is 300 g/mol. The Balaban J connectivity index is 2.12. The van der Waals surface area contributed by atoms with Gasteiger partial charge in [0.25, 0.3) is 5.69 Å². The number of hydrogen-bond acceptors (Lipinski definition) is 5. The maximum Gasteiger partial charge on any atom is 0.288 e. The molecule has 0 saturated carbocycles. The van der Waals surface area contributed by atoms with E-state index >= 15 is 0 Å². The van der Waals surface area contributed by atoms with E-state index in [1.165, 1.54) is 12.1 Å². The molecule has 0 spiro atoms. The molecule has 1 heterocycles. The van der Waals surface area contributed by atoms with Crippen LogP contribution >= 0.6 is 11.6 Å². The van der Waals surface area contributed by atoms with Crippen LogP contribution in [0.5, 0.6) is 0 Å². The Morgan fingerprint density at radius 2 is 2.24 bits per heavy atom. The number of rotatable bonds is 3. The van der Waals surface area contributed by atoms with Crippen LogP contribution in [0.3, 0.4) is 0 Å². The highest BCUT2D eigenvalue weighted by Crippen LogP contribution is 2.30. The molecule has 9 heteroatoms. The molecule has 0 aromatic heterocycles. The van der Waals surface area contributed by atoms with Gasteiger partial charge >= 0.3 is 0 Å². The number of halogens is 1. The summed E-state index contributed by atoms with van der Waals surface area (Å²) in [6.45, 7) is 1.89. The second kappa shape index (κ2) is 6.06. The van der Waals surface area contributed by atoms with Crippen molar-refractivity contribution in [3.63, 3.8) is 0 Å². The fraction of sp³-hybridized carbons (Fsp3) is 0.333. The van der Waals surface area contributed by atoms with E-state index in [0.29, 0.717) is 11.3 Å². The average molecular weight is 313 g/mol. The minimum atomic E-state index is -0.584. The smallest absolute Gasteiger partial charge is 0.288 e. The second-order valence-corrected chi connectivity index (χ2v) is 5.01. The Bertz CT molecular complexity index is 610. The topological polar surface area (TPSA) is 113 Å². The first-order valence-electron chi connectivity index (χ1n) is 6.14. The third-order valence-electron chi connectivity index (χ3n) is 3.08. The van der Waals surface area contributed by atoms with Gasteiger partial charge in [0.15, 0.2) is 0 Å². The molecular formula is C12H13ClN4O4. The molecule has 112 valence electrons. The zero-order chi connectivity index (χ0) is 15.6. The number of nitrogens with zero attached hydrogens (tertiary/aromatic N) is 1. The van der Waals surface area contributed by atoms with Crippen LogP contribution in [0.15, 0.2) is 12.1 Å². The van der Waals surface area contributed by atoms with Gasteiger partial charge in [-0.1, -0.05) is 11.6 Å². The van der Waals surface area contributed by atoms with E-state index in [1.54, 1.807) is 6.92 Å². The third-order valence-corrected chi connectivity index (χ3v) is 3.38. The van der Waals surface area contributed by atoms with Crippen LogP contribution in [0, 0.1) is 17.0 Å². The van der Waals surface area contributed by atoms with E-state index in [4.69, 9.17) is 11.6 Å². The first-order valence-corrected chi connectivity index (χ1v) is 6.51. The Morgan fingerprint density at radius 3 is 2.81 bits per heavy atom. The number of piperazine rings is 1. The summed E-state index contributed by atoms with van der Waals surface area (Å²) in [7, 11) is 0. The van der Waals surface area contributed by atoms with Gasteiger partial charge in [-0.25, -0.2) is 0 Å². The first kappa shape index (κ1) is 15.2. The molecule has 21 heavy (non-hydrogen) atoms. The average Bonchev–Trinajstić information content (AvgIpc) is 2.42. The third kappa shape index (κ3) is 3.47. The number of nitro groups is 1. The van der Waals surface area contributed by atoms with Gasteiger partial charge in [-0.05, 0) is 18.6 Å². The van der Waals surface area contributed by atoms with Crippen molar-refractivity contribution in [2.24, 2.45) is 0 Å². The Labute approximate surface area is 125 Å². The molecule has 8 nitrogen and oxygen atoms in total. The molecule has 1 atom stereocenters. The molecule has 2 amide bonds. The molecule has 1 fully saturated rings. The van der Waals surface area contributed by atoms with E-state index in [1.807, 2.05) is 0 Å². The molecule has 3 N–H and O–H groups in total. The molecule has 1 aromatic rings. The van der Waals surface area contributed by atoms with E-state index in [2.05, 4.69) is 16.0 Å². The lowest BCUT2D eigenvalue weighted by atomic mass is 10.1. The first-order chi connectivity index (χ1) is 9.88. The van der Waals surface area contributed by atoms with Crippen molar-refractivity contribution in [2.45, 2.75) is 13.0 Å². The van der Waals surface area contributed by atoms with E-state index in [9.17, 15) is 19.7 Å². The summed E-state index contributed by atoms with van der Waals surface area (Å²) in [5.41, 5.74) is 0.712. The molecule has 0 radical (unpaired) electrons. The molecule has 2 rings (SSSR count). The zero-order valence-corrected chi connectivity index (χ0v) is 11.9. The summed E-state index contributed by atoms with van der Waals surface area (Å²) >= 11 is 5.82. The highest BCUT2D eigenvalue weighted by Gasteiger charge is 2.24. The number of nitro benzene ring substituents is 1. The van der Waals surface area contributed by atoms with Crippen molar-refractivity contribution >= 4 is 34.8 Å². The van der Waals surface area contributed by atoms with Crippen LogP contribution in [0.1, 0.15) is 5.56 Å². The molecule has 1 aliphatic rings.